The summed E-state index contributed by atoms with van der Waals surface area (Å²) >= 11 is 0. The molecule has 1 fully saturated rings. The smallest absolute Gasteiger partial charge is 0.220 e. The fraction of sp³-hybridized carbons (Fsp3) is 0.417. The van der Waals surface area contributed by atoms with Gasteiger partial charge in [0.05, 0.1) is 6.04 Å². The van der Waals surface area contributed by atoms with Crippen LogP contribution in [0.1, 0.15) is 24.4 Å². The molecule has 2 rings (SSSR count). The van der Waals surface area contributed by atoms with Gasteiger partial charge in [0, 0.05) is 10.8 Å². The Hall–Kier alpha value is -2.00. The third kappa shape index (κ3) is 2.24. The number of nitrogens with zero attached hydrogens (tertiary/aromatic N) is 3. The van der Waals surface area contributed by atoms with Gasteiger partial charge in [-0.25, -0.2) is 0 Å². The Kier molecular flexibility index (Phi) is 3.30. The lowest BCUT2D eigenvalue weighted by Crippen LogP contribution is -2.40. The van der Waals surface area contributed by atoms with Crippen molar-refractivity contribution in [1.82, 2.24) is 0 Å². The predicted octanol–water partition coefficient (Wildman–Crippen LogP) is 2.55. The first-order valence-corrected chi connectivity index (χ1v) is 5.62. The summed E-state index contributed by atoms with van der Waals surface area (Å²) in [4.78, 5) is 14.1. The van der Waals surface area contributed by atoms with E-state index in [2.05, 4.69) is 10.0 Å². The molecule has 5 heteroatoms. The number of nitrogens with two attached hydrogens (primary N) is 1. The molecule has 1 aromatic rings. The van der Waals surface area contributed by atoms with Crippen LogP contribution in [0.15, 0.2) is 35.4 Å². The van der Waals surface area contributed by atoms with Crippen LogP contribution in [-0.2, 0) is 4.79 Å². The van der Waals surface area contributed by atoms with Gasteiger partial charge in [-0.05, 0) is 29.9 Å². The molecule has 1 saturated carbocycles. The highest BCUT2D eigenvalue weighted by molar-refractivity contribution is 5.78. The molecule has 1 aromatic carbocycles. The summed E-state index contributed by atoms with van der Waals surface area (Å²) in [6.07, 6.45) is 1.68. The van der Waals surface area contributed by atoms with Crippen molar-refractivity contribution in [1.29, 1.82) is 0 Å². The van der Waals surface area contributed by atoms with Crippen LogP contribution >= 0.6 is 0 Å². The van der Waals surface area contributed by atoms with Crippen LogP contribution in [0.3, 0.4) is 0 Å². The van der Waals surface area contributed by atoms with Gasteiger partial charge in [-0.3, -0.25) is 4.79 Å². The van der Waals surface area contributed by atoms with Gasteiger partial charge in [-0.2, -0.15) is 0 Å². The molecule has 5 nitrogen and oxygen atoms in total. The Labute approximate surface area is 99.3 Å². The third-order valence-electron chi connectivity index (χ3n) is 3.42. The molecule has 3 atom stereocenters. The molecule has 1 aliphatic carbocycles. The SMILES string of the molecule is [N-]=[N+]=NC(c1ccccc1)C1CCC1C(N)=O. The Morgan fingerprint density at radius 2 is 2.12 bits per heavy atom. The van der Waals surface area contributed by atoms with Gasteiger partial charge in [0.25, 0.3) is 0 Å². The summed E-state index contributed by atoms with van der Waals surface area (Å²) in [5, 5.41) is 3.82. The van der Waals surface area contributed by atoms with Crippen LogP contribution < -0.4 is 5.73 Å². The topological polar surface area (TPSA) is 91.8 Å². The van der Waals surface area contributed by atoms with Gasteiger partial charge in [0.1, 0.15) is 0 Å². The summed E-state index contributed by atoms with van der Waals surface area (Å²) in [6.45, 7) is 0. The molecule has 0 heterocycles. The molecule has 0 aromatic heterocycles. The van der Waals surface area contributed by atoms with Crippen LogP contribution in [-0.4, -0.2) is 5.91 Å². The van der Waals surface area contributed by atoms with Crippen molar-refractivity contribution >= 4 is 5.91 Å². The summed E-state index contributed by atoms with van der Waals surface area (Å²) in [6, 6.07) is 9.24. The predicted molar refractivity (Wildman–Crippen MR) is 63.7 cm³/mol. The number of rotatable bonds is 4. The van der Waals surface area contributed by atoms with Gasteiger partial charge in [0.15, 0.2) is 0 Å². The second-order valence-corrected chi connectivity index (χ2v) is 4.31. The number of amides is 1. The van der Waals surface area contributed by atoms with Crippen molar-refractivity contribution in [3.05, 3.63) is 46.3 Å². The maximum Gasteiger partial charge on any atom is 0.220 e. The molecule has 1 aliphatic rings. The Morgan fingerprint density at radius 1 is 1.41 bits per heavy atom. The van der Waals surface area contributed by atoms with E-state index in [1.54, 1.807) is 0 Å². The third-order valence-corrected chi connectivity index (χ3v) is 3.42. The van der Waals surface area contributed by atoms with E-state index in [4.69, 9.17) is 11.3 Å². The summed E-state index contributed by atoms with van der Waals surface area (Å²) in [5.41, 5.74) is 14.9. The van der Waals surface area contributed by atoms with E-state index in [-0.39, 0.29) is 23.8 Å². The molecular weight excluding hydrogens is 216 g/mol. The van der Waals surface area contributed by atoms with Crippen molar-refractivity contribution in [2.24, 2.45) is 22.7 Å². The molecule has 3 unspecified atom stereocenters. The molecule has 1 amide bonds. The number of hydrogen-bond donors (Lipinski definition) is 1. The summed E-state index contributed by atoms with van der Waals surface area (Å²) < 4.78 is 0. The molecule has 0 saturated heterocycles. The second kappa shape index (κ2) is 4.89. The zero-order valence-corrected chi connectivity index (χ0v) is 9.36. The molecule has 0 aliphatic heterocycles. The van der Waals surface area contributed by atoms with Crippen LogP contribution in [0.5, 0.6) is 0 Å². The van der Waals surface area contributed by atoms with Crippen LogP contribution in [0.2, 0.25) is 0 Å². The van der Waals surface area contributed by atoms with Crippen LogP contribution in [0.25, 0.3) is 10.4 Å². The van der Waals surface area contributed by atoms with E-state index in [0.717, 1.165) is 18.4 Å². The number of carbonyl (C=O) groups is 1. The highest BCUT2D eigenvalue weighted by atomic mass is 16.1. The lowest BCUT2D eigenvalue weighted by molar-refractivity contribution is -0.127. The highest BCUT2D eigenvalue weighted by Gasteiger charge is 2.40. The quantitative estimate of drug-likeness (QED) is 0.480. The van der Waals surface area contributed by atoms with E-state index in [1.165, 1.54) is 0 Å². The molecule has 0 radical (unpaired) electrons. The number of primary amides is 1. The molecular formula is C12H14N4O. The minimum absolute atomic E-state index is 0.0470. The van der Waals surface area contributed by atoms with Crippen molar-refractivity contribution in [3.8, 4) is 0 Å². The fourth-order valence-electron chi connectivity index (χ4n) is 2.36. The fourth-order valence-corrected chi connectivity index (χ4v) is 2.36. The normalized spacial score (nSPS) is 24.2. The van der Waals surface area contributed by atoms with Gasteiger partial charge >= 0.3 is 0 Å². The second-order valence-electron chi connectivity index (χ2n) is 4.31. The lowest BCUT2D eigenvalue weighted by Gasteiger charge is -2.38. The standard InChI is InChI=1S/C12H14N4O/c13-12(17)10-7-6-9(10)11(15-16-14)8-4-2-1-3-5-8/h1-5,9-11H,6-7H2,(H2,13,17). The first-order chi connectivity index (χ1) is 8.24. The number of benzene rings is 1. The average molecular weight is 230 g/mol. The molecule has 0 spiro atoms. The minimum atomic E-state index is -0.296. The first kappa shape index (κ1) is 11.5. The zero-order valence-electron chi connectivity index (χ0n) is 9.36. The van der Waals surface area contributed by atoms with Gasteiger partial charge in [-0.1, -0.05) is 35.4 Å². The Bertz CT molecular complexity index is 453. The van der Waals surface area contributed by atoms with E-state index in [0.29, 0.717) is 0 Å². The van der Waals surface area contributed by atoms with Crippen molar-refractivity contribution in [2.75, 3.05) is 0 Å². The first-order valence-electron chi connectivity index (χ1n) is 5.62. The molecule has 2 N–H and O–H groups in total. The maximum atomic E-state index is 11.2. The van der Waals surface area contributed by atoms with Crippen LogP contribution in [0.4, 0.5) is 0 Å². The minimum Gasteiger partial charge on any atom is -0.369 e. The number of hydrogen-bond acceptors (Lipinski definition) is 2. The lowest BCUT2D eigenvalue weighted by atomic mass is 9.68. The van der Waals surface area contributed by atoms with E-state index >= 15 is 0 Å². The van der Waals surface area contributed by atoms with Crippen molar-refractivity contribution in [3.63, 3.8) is 0 Å². The summed E-state index contributed by atoms with van der Waals surface area (Å²) in [5.74, 6) is -0.410. The average Bonchev–Trinajstić information content (AvgIpc) is 2.27. The maximum absolute atomic E-state index is 11.2. The van der Waals surface area contributed by atoms with Gasteiger partial charge in [-0.15, -0.1) is 0 Å². The number of azide groups is 1. The largest absolute Gasteiger partial charge is 0.369 e. The molecule has 88 valence electrons. The molecule has 0 bridgehead atoms. The van der Waals surface area contributed by atoms with E-state index in [9.17, 15) is 4.79 Å². The molecule has 17 heavy (non-hydrogen) atoms. The summed E-state index contributed by atoms with van der Waals surface area (Å²) in [7, 11) is 0. The highest BCUT2D eigenvalue weighted by Crippen LogP contribution is 2.44. The van der Waals surface area contributed by atoms with Crippen molar-refractivity contribution < 1.29 is 4.79 Å². The van der Waals surface area contributed by atoms with Gasteiger partial charge in [0.2, 0.25) is 5.91 Å². The Balaban J connectivity index is 2.25. The monoisotopic (exact) mass is 230 g/mol. The van der Waals surface area contributed by atoms with Gasteiger partial charge < -0.3 is 5.73 Å². The van der Waals surface area contributed by atoms with E-state index < -0.39 is 0 Å². The van der Waals surface area contributed by atoms with Crippen molar-refractivity contribution in [2.45, 2.75) is 18.9 Å². The zero-order chi connectivity index (χ0) is 12.3. The number of carbonyl (C=O) groups excluding carboxylic acids is 1. The van der Waals surface area contributed by atoms with E-state index in [1.807, 2.05) is 30.3 Å². The Morgan fingerprint density at radius 3 is 2.59 bits per heavy atom. The van der Waals surface area contributed by atoms with Crippen LogP contribution in [0, 0.1) is 11.8 Å².